The fraction of sp³-hybridized carbons (Fsp3) is 0.318. The summed E-state index contributed by atoms with van der Waals surface area (Å²) in [6, 6.07) is 4.48. The molecule has 4 rings (SSSR count). The van der Waals surface area contributed by atoms with Crippen LogP contribution in [0.25, 0.3) is 0 Å². The van der Waals surface area contributed by atoms with Crippen molar-refractivity contribution >= 4 is 17.3 Å². The van der Waals surface area contributed by atoms with E-state index in [1.807, 2.05) is 0 Å². The minimum absolute atomic E-state index is 0.00884. The topological polar surface area (TPSA) is 130 Å². The number of ketones is 3. The lowest BCUT2D eigenvalue weighted by Gasteiger charge is -2.39. The van der Waals surface area contributed by atoms with Gasteiger partial charge in [0.15, 0.2) is 11.6 Å². The van der Waals surface area contributed by atoms with Crippen LogP contribution >= 0.6 is 0 Å². The first-order chi connectivity index (χ1) is 14.2. The first-order valence-electron chi connectivity index (χ1n) is 9.29. The number of phenolic OH excluding ortho intramolecular Hbond substituents is 2. The molecule has 0 amide bonds. The number of ether oxygens (including phenoxy) is 2. The van der Waals surface area contributed by atoms with Gasteiger partial charge in [0.2, 0.25) is 5.78 Å². The van der Waals surface area contributed by atoms with Crippen LogP contribution in [0.2, 0.25) is 0 Å². The van der Waals surface area contributed by atoms with Crippen LogP contribution in [0.4, 0.5) is 0 Å². The first-order valence-corrected chi connectivity index (χ1v) is 9.29. The molecule has 0 aliphatic heterocycles. The van der Waals surface area contributed by atoms with Crippen LogP contribution in [0.15, 0.2) is 18.2 Å². The Balaban J connectivity index is 2.03. The van der Waals surface area contributed by atoms with E-state index in [0.717, 1.165) is 0 Å². The summed E-state index contributed by atoms with van der Waals surface area (Å²) in [6.07, 6.45) is -1.72. The van der Waals surface area contributed by atoms with E-state index in [0.29, 0.717) is 0 Å². The fourth-order valence-electron chi connectivity index (χ4n) is 4.50. The molecule has 0 aromatic heterocycles. The zero-order valence-corrected chi connectivity index (χ0v) is 16.6. The molecule has 0 saturated carbocycles. The lowest BCUT2D eigenvalue weighted by atomic mass is 9.72. The number of hydrogen-bond acceptors (Lipinski definition) is 8. The van der Waals surface area contributed by atoms with Crippen molar-refractivity contribution in [3.63, 3.8) is 0 Å². The standard InChI is InChI=1S/C22H20O8/c1-9(23)22(30-3)7-11-14(12(24)8-22)20(27)17-16(19(11)26)18(25)10-5-4-6-13(29-2)15(10)21(17)28/h4-6,12,24,26-27H,7-8H2,1-3H3/t12-,22-/m0/s1. The Morgan fingerprint density at radius 2 is 1.73 bits per heavy atom. The zero-order valence-electron chi connectivity index (χ0n) is 16.6. The predicted octanol–water partition coefficient (Wildman–Crippen LogP) is 1.84. The van der Waals surface area contributed by atoms with Crippen LogP contribution in [0.3, 0.4) is 0 Å². The molecular weight excluding hydrogens is 392 g/mol. The minimum atomic E-state index is -1.42. The van der Waals surface area contributed by atoms with Gasteiger partial charge in [-0.15, -0.1) is 0 Å². The summed E-state index contributed by atoms with van der Waals surface area (Å²) in [5, 5.41) is 32.6. The van der Waals surface area contributed by atoms with Gasteiger partial charge in [-0.3, -0.25) is 14.4 Å². The minimum Gasteiger partial charge on any atom is -0.507 e. The van der Waals surface area contributed by atoms with E-state index >= 15 is 0 Å². The van der Waals surface area contributed by atoms with Crippen molar-refractivity contribution < 1.29 is 39.2 Å². The molecule has 2 aliphatic rings. The molecule has 2 atom stereocenters. The highest BCUT2D eigenvalue weighted by Crippen LogP contribution is 2.51. The SMILES string of the molecule is COc1cccc2c1C(=O)c1c(O)c3c(c(O)c1C2=O)C[C@@](OC)(C(C)=O)C[C@@H]3O. The molecule has 156 valence electrons. The van der Waals surface area contributed by atoms with Crippen molar-refractivity contribution in [1.29, 1.82) is 0 Å². The quantitative estimate of drug-likeness (QED) is 0.556. The molecule has 8 nitrogen and oxygen atoms in total. The Bertz CT molecular complexity index is 1130. The smallest absolute Gasteiger partial charge is 0.202 e. The number of methoxy groups -OCH3 is 2. The number of aliphatic hydroxyl groups excluding tert-OH is 1. The van der Waals surface area contributed by atoms with Gasteiger partial charge in [0.1, 0.15) is 22.8 Å². The number of fused-ring (bicyclic) bond motifs is 3. The largest absolute Gasteiger partial charge is 0.507 e. The van der Waals surface area contributed by atoms with Gasteiger partial charge in [-0.05, 0) is 13.0 Å². The van der Waals surface area contributed by atoms with Crippen molar-refractivity contribution in [3.8, 4) is 17.2 Å². The average molecular weight is 412 g/mol. The average Bonchev–Trinajstić information content (AvgIpc) is 2.73. The molecule has 30 heavy (non-hydrogen) atoms. The van der Waals surface area contributed by atoms with Crippen molar-refractivity contribution in [2.45, 2.75) is 31.5 Å². The van der Waals surface area contributed by atoms with Gasteiger partial charge in [0.05, 0.1) is 29.9 Å². The van der Waals surface area contributed by atoms with Gasteiger partial charge >= 0.3 is 0 Å². The Kier molecular flexibility index (Phi) is 4.44. The van der Waals surface area contributed by atoms with E-state index in [9.17, 15) is 29.7 Å². The fourth-order valence-corrected chi connectivity index (χ4v) is 4.50. The Morgan fingerprint density at radius 1 is 1.07 bits per heavy atom. The third-order valence-corrected chi connectivity index (χ3v) is 6.11. The summed E-state index contributed by atoms with van der Waals surface area (Å²) < 4.78 is 10.6. The second-order valence-corrected chi connectivity index (χ2v) is 7.53. The lowest BCUT2D eigenvalue weighted by Crippen LogP contribution is -2.46. The van der Waals surface area contributed by atoms with Gasteiger partial charge in [0.25, 0.3) is 0 Å². The molecule has 0 saturated heterocycles. The van der Waals surface area contributed by atoms with Gasteiger partial charge in [-0.25, -0.2) is 0 Å². The third-order valence-electron chi connectivity index (χ3n) is 6.11. The summed E-state index contributed by atoms with van der Waals surface area (Å²) in [5.41, 5.74) is -2.24. The Hall–Kier alpha value is -3.23. The number of aromatic hydroxyl groups is 2. The number of aliphatic hydroxyl groups is 1. The number of phenols is 2. The Morgan fingerprint density at radius 3 is 2.33 bits per heavy atom. The number of rotatable bonds is 3. The van der Waals surface area contributed by atoms with Crippen LogP contribution in [0.1, 0.15) is 62.4 Å². The van der Waals surface area contributed by atoms with Crippen LogP contribution < -0.4 is 4.74 Å². The lowest BCUT2D eigenvalue weighted by molar-refractivity contribution is -0.144. The second-order valence-electron chi connectivity index (χ2n) is 7.53. The van der Waals surface area contributed by atoms with Crippen molar-refractivity contribution in [1.82, 2.24) is 0 Å². The van der Waals surface area contributed by atoms with E-state index in [1.54, 1.807) is 6.07 Å². The van der Waals surface area contributed by atoms with E-state index in [2.05, 4.69) is 0 Å². The molecule has 0 fully saturated rings. The summed E-state index contributed by atoms with van der Waals surface area (Å²) in [4.78, 5) is 38.6. The van der Waals surface area contributed by atoms with Crippen molar-refractivity contribution in [3.05, 3.63) is 51.6 Å². The predicted molar refractivity (Wildman–Crippen MR) is 103 cm³/mol. The number of hydrogen-bond donors (Lipinski definition) is 3. The van der Waals surface area contributed by atoms with Gasteiger partial charge in [-0.1, -0.05) is 12.1 Å². The van der Waals surface area contributed by atoms with Crippen LogP contribution in [0.5, 0.6) is 17.2 Å². The van der Waals surface area contributed by atoms with Crippen LogP contribution in [-0.4, -0.2) is 52.5 Å². The molecule has 0 heterocycles. The number of Topliss-reactive ketones (excluding diaryl/α,β-unsaturated/α-hetero) is 1. The van der Waals surface area contributed by atoms with E-state index in [1.165, 1.54) is 33.3 Å². The normalized spacial score (nSPS) is 22.2. The summed E-state index contributed by atoms with van der Waals surface area (Å²) in [6.45, 7) is 1.30. The number of benzene rings is 2. The third kappa shape index (κ3) is 2.44. The van der Waals surface area contributed by atoms with Crippen molar-refractivity contribution in [2.75, 3.05) is 14.2 Å². The van der Waals surface area contributed by atoms with E-state index in [-0.39, 0.29) is 57.8 Å². The summed E-state index contributed by atoms with van der Waals surface area (Å²) in [5.74, 6) is -2.72. The molecule has 2 aromatic carbocycles. The first kappa shape index (κ1) is 20.1. The van der Waals surface area contributed by atoms with Gasteiger partial charge < -0.3 is 24.8 Å². The second kappa shape index (κ2) is 6.65. The highest BCUT2D eigenvalue weighted by molar-refractivity contribution is 6.31. The highest BCUT2D eigenvalue weighted by atomic mass is 16.5. The Labute approximate surface area is 171 Å². The molecular formula is C22H20O8. The van der Waals surface area contributed by atoms with E-state index in [4.69, 9.17) is 9.47 Å². The highest BCUT2D eigenvalue weighted by Gasteiger charge is 2.48. The van der Waals surface area contributed by atoms with Gasteiger partial charge in [0, 0.05) is 36.6 Å². The monoisotopic (exact) mass is 412 g/mol. The van der Waals surface area contributed by atoms with Gasteiger partial charge in [-0.2, -0.15) is 0 Å². The molecule has 2 aliphatic carbocycles. The maximum atomic E-state index is 13.2. The molecule has 0 spiro atoms. The summed E-state index contributed by atoms with van der Waals surface area (Å²) in [7, 11) is 2.66. The molecule has 0 bridgehead atoms. The van der Waals surface area contributed by atoms with E-state index < -0.39 is 34.8 Å². The molecule has 8 heteroatoms. The molecule has 0 radical (unpaired) electrons. The molecule has 3 N–H and O–H groups in total. The number of carbonyl (C=O) groups excluding carboxylic acids is 3. The summed E-state index contributed by atoms with van der Waals surface area (Å²) >= 11 is 0. The maximum absolute atomic E-state index is 13.2. The van der Waals surface area contributed by atoms with Crippen LogP contribution in [-0.2, 0) is 16.0 Å². The van der Waals surface area contributed by atoms with Crippen molar-refractivity contribution in [2.24, 2.45) is 0 Å². The molecule has 2 aromatic rings. The zero-order chi connectivity index (χ0) is 22.0. The molecule has 0 unspecified atom stereocenters. The maximum Gasteiger partial charge on any atom is 0.202 e. The number of carbonyl (C=O) groups is 3. The van der Waals surface area contributed by atoms with Crippen LogP contribution in [0, 0.1) is 0 Å².